The highest BCUT2D eigenvalue weighted by Crippen LogP contribution is 2.33. The van der Waals surface area contributed by atoms with Crippen molar-refractivity contribution in [2.45, 2.75) is 26.7 Å². The SMILES string of the molecule is [2H]/C(=C\c1c([2H])c([2H])c2c(c1[2H])OC([2H])([2H])O2)C(O)C(C([2H])([2H])[2H])(C([2H])([2H])[2H])C([2H])([2H])[2H]. The molecule has 0 aromatic heterocycles. The van der Waals surface area contributed by atoms with E-state index in [1.54, 1.807) is 0 Å². The van der Waals surface area contributed by atoms with Crippen LogP contribution in [0.15, 0.2) is 24.2 Å². The van der Waals surface area contributed by atoms with E-state index < -0.39 is 80.1 Å². The highest BCUT2D eigenvalue weighted by Gasteiger charge is 2.19. The molecule has 0 saturated heterocycles. The third kappa shape index (κ3) is 2.80. The van der Waals surface area contributed by atoms with Crippen LogP contribution >= 0.6 is 0 Å². The molecule has 1 aliphatic heterocycles. The van der Waals surface area contributed by atoms with Crippen molar-refractivity contribution in [3.05, 3.63) is 29.7 Å². The predicted molar refractivity (Wildman–Crippen MR) is 67.1 cm³/mol. The first-order valence-electron chi connectivity index (χ1n) is 12.0. The number of aliphatic hydroxyl groups excluding tert-OH is 1. The van der Waals surface area contributed by atoms with Gasteiger partial charge in [-0.1, -0.05) is 38.7 Å². The van der Waals surface area contributed by atoms with Crippen molar-refractivity contribution in [3.63, 3.8) is 0 Å². The second-order valence-corrected chi connectivity index (χ2v) is 3.26. The zero-order valence-electron chi connectivity index (χ0n) is 23.4. The van der Waals surface area contributed by atoms with Gasteiger partial charge >= 0.3 is 0 Å². The van der Waals surface area contributed by atoms with Crippen LogP contribution in [0.1, 0.15) is 46.7 Å². The highest BCUT2D eigenvalue weighted by molar-refractivity contribution is 5.56. The maximum atomic E-state index is 10.6. The third-order valence-corrected chi connectivity index (χ3v) is 1.85. The molecule has 1 atom stereocenters. The molecular formula is C14H18O3. The Morgan fingerprint density at radius 1 is 1.53 bits per heavy atom. The van der Waals surface area contributed by atoms with Crippen LogP contribution in [0.4, 0.5) is 0 Å². The van der Waals surface area contributed by atoms with Crippen LogP contribution in [-0.4, -0.2) is 18.0 Å². The zero-order valence-corrected chi connectivity index (χ0v) is 8.42. The van der Waals surface area contributed by atoms with Crippen molar-refractivity contribution < 1.29 is 35.1 Å². The molecule has 92 valence electrons. The molecule has 1 heterocycles. The van der Waals surface area contributed by atoms with Crippen LogP contribution in [0, 0.1) is 5.41 Å². The smallest absolute Gasteiger partial charge is 0.231 e. The Labute approximate surface area is 123 Å². The lowest BCUT2D eigenvalue weighted by Crippen LogP contribution is -2.23. The van der Waals surface area contributed by atoms with E-state index in [-0.39, 0.29) is 0 Å². The molecule has 1 aromatic rings. The first-order valence-corrected chi connectivity index (χ1v) is 4.48. The number of rotatable bonds is 2. The topological polar surface area (TPSA) is 38.7 Å². The van der Waals surface area contributed by atoms with E-state index in [9.17, 15) is 5.11 Å². The fourth-order valence-electron chi connectivity index (χ4n) is 0.999. The van der Waals surface area contributed by atoms with Crippen LogP contribution in [0.2, 0.25) is 0 Å². The lowest BCUT2D eigenvalue weighted by Gasteiger charge is -2.22. The predicted octanol–water partition coefficient (Wildman–Crippen LogP) is 2.84. The van der Waals surface area contributed by atoms with Gasteiger partial charge in [-0.05, 0) is 23.1 Å². The summed E-state index contributed by atoms with van der Waals surface area (Å²) in [6.07, 6.45) is -2.46. The van der Waals surface area contributed by atoms with E-state index >= 15 is 0 Å². The average Bonchev–Trinajstić information content (AvgIpc) is 2.88. The van der Waals surface area contributed by atoms with Crippen molar-refractivity contribution >= 4 is 6.08 Å². The van der Waals surface area contributed by atoms with E-state index in [4.69, 9.17) is 30.0 Å². The lowest BCUT2D eigenvalue weighted by atomic mass is 9.89. The summed E-state index contributed by atoms with van der Waals surface area (Å²) in [7, 11) is 0. The number of hydrogen-bond donors (Lipinski definition) is 1. The van der Waals surface area contributed by atoms with E-state index in [1.165, 1.54) is 0 Å². The molecule has 1 aliphatic rings. The van der Waals surface area contributed by atoms with Crippen LogP contribution in [0.3, 0.4) is 0 Å². The van der Waals surface area contributed by atoms with Gasteiger partial charge < -0.3 is 14.6 Å². The first-order chi connectivity index (χ1) is 14.1. The van der Waals surface area contributed by atoms with E-state index in [0.29, 0.717) is 6.08 Å². The summed E-state index contributed by atoms with van der Waals surface area (Å²) in [6, 6.07) is -3.62. The summed E-state index contributed by atoms with van der Waals surface area (Å²) in [5.41, 5.74) is -4.43. The molecule has 17 heavy (non-hydrogen) atoms. The van der Waals surface area contributed by atoms with Gasteiger partial charge in [-0.3, -0.25) is 0 Å². The van der Waals surface area contributed by atoms with Crippen LogP contribution < -0.4 is 9.47 Å². The molecule has 0 fully saturated rings. The summed E-state index contributed by atoms with van der Waals surface area (Å²) in [5, 5.41) is 10.6. The van der Waals surface area contributed by atoms with Gasteiger partial charge in [0.1, 0.15) is 2.74 Å². The Morgan fingerprint density at radius 2 is 2.29 bits per heavy atom. The van der Waals surface area contributed by atoms with Crippen molar-refractivity contribution in [3.8, 4) is 11.5 Å². The zero-order chi connectivity index (χ0) is 25.2. The summed E-state index contributed by atoms with van der Waals surface area (Å²) < 4.78 is 125. The van der Waals surface area contributed by atoms with E-state index in [1.807, 2.05) is 0 Å². The van der Waals surface area contributed by atoms with Crippen molar-refractivity contribution in [2.75, 3.05) is 6.75 Å². The quantitative estimate of drug-likeness (QED) is 0.876. The molecular weight excluding hydrogens is 216 g/mol. The maximum absolute atomic E-state index is 10.6. The molecule has 0 amide bonds. The van der Waals surface area contributed by atoms with Crippen molar-refractivity contribution in [1.29, 1.82) is 0 Å². The second-order valence-electron chi connectivity index (χ2n) is 3.26. The molecule has 0 bridgehead atoms. The molecule has 0 radical (unpaired) electrons. The summed E-state index contributed by atoms with van der Waals surface area (Å²) in [4.78, 5) is 0. The second kappa shape index (κ2) is 4.41. The largest absolute Gasteiger partial charge is 0.454 e. The lowest BCUT2D eigenvalue weighted by molar-refractivity contribution is 0.106. The Bertz CT molecular complexity index is 905. The number of fused-ring (bicyclic) bond motifs is 1. The summed E-state index contributed by atoms with van der Waals surface area (Å²) >= 11 is 0. The average molecular weight is 249 g/mol. The van der Waals surface area contributed by atoms with Crippen molar-refractivity contribution in [1.82, 2.24) is 0 Å². The molecule has 2 rings (SSSR count). The number of hydrogen-bond acceptors (Lipinski definition) is 3. The Morgan fingerprint density at radius 3 is 3.06 bits per heavy atom. The normalized spacial score (nSPS) is 35.1. The van der Waals surface area contributed by atoms with Crippen LogP contribution in [-0.2, 0) is 0 Å². The number of benzene rings is 1. The molecule has 3 nitrogen and oxygen atoms in total. The number of ether oxygens (including phenoxy) is 2. The monoisotopic (exact) mass is 249 g/mol. The van der Waals surface area contributed by atoms with E-state index in [0.717, 1.165) is 0 Å². The van der Waals surface area contributed by atoms with Gasteiger partial charge in [0, 0.05) is 12.3 Å². The fraction of sp³-hybridized carbons (Fsp3) is 0.429. The fourth-order valence-corrected chi connectivity index (χ4v) is 0.999. The first kappa shape index (κ1) is 3.29. The maximum Gasteiger partial charge on any atom is 0.231 e. The van der Waals surface area contributed by atoms with Gasteiger partial charge in [-0.25, -0.2) is 0 Å². The number of aliphatic hydroxyl groups is 1. The Balaban J connectivity index is 2.76. The Kier molecular flexibility index (Phi) is 0.855. The molecule has 0 spiro atoms. The molecule has 0 aliphatic carbocycles. The van der Waals surface area contributed by atoms with E-state index in [2.05, 4.69) is 0 Å². The summed E-state index contributed by atoms with van der Waals surface area (Å²) in [5.74, 6) is -1.19. The van der Waals surface area contributed by atoms with Crippen LogP contribution in [0.25, 0.3) is 6.08 Å². The molecule has 1 unspecified atom stereocenters. The Hall–Kier alpha value is -1.48. The van der Waals surface area contributed by atoms with Crippen molar-refractivity contribution in [2.24, 2.45) is 5.41 Å². The molecule has 1 aromatic carbocycles. The standard InChI is InChI=1S/C14H18O3/c1-14(2,3)13(15)7-5-10-4-6-11-12(8-10)17-9-16-11/h4-8,13,15H,9H2,1-3H3/b7-5+/i1D3,2D3,3D3,4D,6D,7D,8D,9D2. The van der Waals surface area contributed by atoms with Gasteiger partial charge in [0.25, 0.3) is 0 Å². The highest BCUT2D eigenvalue weighted by atomic mass is 16.7. The molecule has 3 heteroatoms. The minimum absolute atomic E-state index is 0.475. The van der Waals surface area contributed by atoms with Gasteiger partial charge in [0.15, 0.2) is 11.5 Å². The molecule has 1 N–H and O–H groups in total. The minimum atomic E-state index is -3.80. The molecule has 0 saturated carbocycles. The van der Waals surface area contributed by atoms with Gasteiger partial charge in [-0.2, -0.15) is 0 Å². The van der Waals surface area contributed by atoms with Gasteiger partial charge in [-0.15, -0.1) is 0 Å². The third-order valence-electron chi connectivity index (χ3n) is 1.85. The van der Waals surface area contributed by atoms with Crippen LogP contribution in [0.5, 0.6) is 11.5 Å². The van der Waals surface area contributed by atoms with Gasteiger partial charge in [0.2, 0.25) is 6.75 Å². The summed E-state index contributed by atoms with van der Waals surface area (Å²) in [6.45, 7) is -14.2. The van der Waals surface area contributed by atoms with Gasteiger partial charge in [0.05, 0.1) is 11.6 Å². The minimum Gasteiger partial charge on any atom is -0.454 e.